The summed E-state index contributed by atoms with van der Waals surface area (Å²) < 4.78 is 0. The van der Waals surface area contributed by atoms with Crippen LogP contribution in [0.4, 0.5) is 0 Å². The highest BCUT2D eigenvalue weighted by Gasteiger charge is 2.08. The van der Waals surface area contributed by atoms with Gasteiger partial charge in [-0.05, 0) is 17.7 Å². The number of hydrogen-bond donors (Lipinski definition) is 3. The summed E-state index contributed by atoms with van der Waals surface area (Å²) in [6.45, 7) is 0.297. The molecule has 1 aromatic carbocycles. The third-order valence-corrected chi connectivity index (χ3v) is 2.30. The largest absolute Gasteiger partial charge is 0.478 e. The molecule has 1 amide bonds. The van der Waals surface area contributed by atoms with E-state index in [4.69, 9.17) is 5.11 Å². The van der Waals surface area contributed by atoms with E-state index in [1.807, 2.05) is 0 Å². The van der Waals surface area contributed by atoms with Gasteiger partial charge in [-0.1, -0.05) is 12.1 Å². The maximum atomic E-state index is 11.5. The molecular weight excluding hydrogens is 236 g/mol. The molecule has 3 N–H and O–H groups in total. The van der Waals surface area contributed by atoms with E-state index >= 15 is 0 Å². The molecule has 1 aromatic heterocycles. The van der Waals surface area contributed by atoms with Crippen LogP contribution in [-0.4, -0.2) is 32.4 Å². The quantitative estimate of drug-likeness (QED) is 0.725. The number of rotatable bonds is 4. The fourth-order valence-corrected chi connectivity index (χ4v) is 1.35. The summed E-state index contributed by atoms with van der Waals surface area (Å²) in [7, 11) is 0. The number of carboxylic acids is 1. The minimum atomic E-state index is -0.979. The van der Waals surface area contributed by atoms with Crippen molar-refractivity contribution < 1.29 is 14.7 Å². The Balaban J connectivity index is 1.94. The lowest BCUT2D eigenvalue weighted by Gasteiger charge is -2.03. The smallest absolute Gasteiger partial charge is 0.335 e. The van der Waals surface area contributed by atoms with Gasteiger partial charge in [0, 0.05) is 6.54 Å². The number of aromatic nitrogens is 3. The van der Waals surface area contributed by atoms with Gasteiger partial charge >= 0.3 is 5.97 Å². The van der Waals surface area contributed by atoms with Gasteiger partial charge in [0.1, 0.15) is 0 Å². The average Bonchev–Trinajstić information content (AvgIpc) is 2.90. The van der Waals surface area contributed by atoms with Gasteiger partial charge in [-0.3, -0.25) is 4.79 Å². The van der Waals surface area contributed by atoms with Gasteiger partial charge in [-0.2, -0.15) is 15.4 Å². The van der Waals surface area contributed by atoms with E-state index in [1.54, 1.807) is 12.1 Å². The number of nitrogens with zero attached hydrogens (tertiary/aromatic N) is 2. The zero-order valence-corrected chi connectivity index (χ0v) is 9.25. The van der Waals surface area contributed by atoms with Crippen LogP contribution in [-0.2, 0) is 6.54 Å². The Morgan fingerprint density at radius 1 is 1.28 bits per heavy atom. The maximum Gasteiger partial charge on any atom is 0.335 e. The highest BCUT2D eigenvalue weighted by molar-refractivity contribution is 5.91. The standard InChI is InChI=1S/C11H10N4O3/c16-10(9-6-13-15-14-9)12-5-7-1-3-8(4-2-7)11(17)18/h1-4,6H,5H2,(H,12,16)(H,17,18)(H,13,14,15). The molecule has 0 atom stereocenters. The molecule has 0 aliphatic heterocycles. The summed E-state index contributed by atoms with van der Waals surface area (Å²) in [5.41, 5.74) is 1.22. The van der Waals surface area contributed by atoms with E-state index in [0.29, 0.717) is 6.54 Å². The van der Waals surface area contributed by atoms with Crippen molar-refractivity contribution in [1.29, 1.82) is 0 Å². The second-order valence-corrected chi connectivity index (χ2v) is 3.54. The van der Waals surface area contributed by atoms with Gasteiger partial charge < -0.3 is 10.4 Å². The molecule has 0 aliphatic carbocycles. The first kappa shape index (κ1) is 11.8. The van der Waals surface area contributed by atoms with E-state index in [0.717, 1.165) is 5.56 Å². The molecule has 2 aromatic rings. The number of benzene rings is 1. The van der Waals surface area contributed by atoms with Gasteiger partial charge in [-0.15, -0.1) is 0 Å². The third-order valence-electron chi connectivity index (χ3n) is 2.30. The van der Waals surface area contributed by atoms with Crippen molar-refractivity contribution in [2.24, 2.45) is 0 Å². The normalized spacial score (nSPS) is 10.0. The second kappa shape index (κ2) is 5.09. The van der Waals surface area contributed by atoms with Crippen LogP contribution >= 0.6 is 0 Å². The zero-order valence-electron chi connectivity index (χ0n) is 9.25. The average molecular weight is 246 g/mol. The van der Waals surface area contributed by atoms with Crippen molar-refractivity contribution in [1.82, 2.24) is 20.7 Å². The van der Waals surface area contributed by atoms with Crippen LogP contribution in [0.15, 0.2) is 30.5 Å². The first-order valence-corrected chi connectivity index (χ1v) is 5.13. The van der Waals surface area contributed by atoms with Crippen molar-refractivity contribution in [3.8, 4) is 0 Å². The maximum absolute atomic E-state index is 11.5. The SMILES string of the molecule is O=C(O)c1ccc(CNC(=O)c2cn[nH]n2)cc1. The monoisotopic (exact) mass is 246 g/mol. The fourth-order valence-electron chi connectivity index (χ4n) is 1.35. The lowest BCUT2D eigenvalue weighted by molar-refractivity contribution is 0.0696. The molecule has 18 heavy (non-hydrogen) atoms. The molecular formula is C11H10N4O3. The summed E-state index contributed by atoms with van der Waals surface area (Å²) >= 11 is 0. The Bertz CT molecular complexity index is 548. The number of aromatic amines is 1. The lowest BCUT2D eigenvalue weighted by Crippen LogP contribution is -2.23. The van der Waals surface area contributed by atoms with Gasteiger partial charge in [0.2, 0.25) is 0 Å². The number of carbonyl (C=O) groups is 2. The Kier molecular flexibility index (Phi) is 3.33. The molecule has 0 spiro atoms. The predicted octanol–water partition coefficient (Wildman–Crippen LogP) is 0.433. The van der Waals surface area contributed by atoms with Crippen LogP contribution in [0.3, 0.4) is 0 Å². The first-order chi connectivity index (χ1) is 8.66. The van der Waals surface area contributed by atoms with Crippen LogP contribution < -0.4 is 5.32 Å². The minimum Gasteiger partial charge on any atom is -0.478 e. The molecule has 1 heterocycles. The topological polar surface area (TPSA) is 108 Å². The summed E-state index contributed by atoms with van der Waals surface area (Å²) in [6.07, 6.45) is 1.32. The van der Waals surface area contributed by atoms with Crippen LogP contribution in [0, 0.1) is 0 Å². The number of amides is 1. The van der Waals surface area contributed by atoms with E-state index < -0.39 is 5.97 Å². The molecule has 0 fully saturated rings. The number of hydrogen-bond acceptors (Lipinski definition) is 4. The minimum absolute atomic E-state index is 0.206. The molecule has 7 heteroatoms. The number of carboxylic acid groups (broad SMARTS) is 1. The summed E-state index contributed by atoms with van der Waals surface area (Å²) in [4.78, 5) is 22.2. The highest BCUT2D eigenvalue weighted by atomic mass is 16.4. The third kappa shape index (κ3) is 2.70. The lowest BCUT2D eigenvalue weighted by atomic mass is 10.1. The van der Waals surface area contributed by atoms with E-state index in [9.17, 15) is 9.59 Å². The molecule has 7 nitrogen and oxygen atoms in total. The van der Waals surface area contributed by atoms with Crippen LogP contribution in [0.5, 0.6) is 0 Å². The highest BCUT2D eigenvalue weighted by Crippen LogP contribution is 2.04. The van der Waals surface area contributed by atoms with Crippen molar-refractivity contribution >= 4 is 11.9 Å². The number of nitrogens with one attached hydrogen (secondary N) is 2. The molecule has 0 bridgehead atoms. The molecule has 0 unspecified atom stereocenters. The van der Waals surface area contributed by atoms with Crippen LogP contribution in [0.2, 0.25) is 0 Å². The van der Waals surface area contributed by atoms with Crippen LogP contribution in [0.25, 0.3) is 0 Å². The fraction of sp³-hybridized carbons (Fsp3) is 0.0909. The molecule has 92 valence electrons. The second-order valence-electron chi connectivity index (χ2n) is 3.54. The molecule has 0 saturated carbocycles. The number of carbonyl (C=O) groups excluding carboxylic acids is 1. The Morgan fingerprint density at radius 3 is 2.56 bits per heavy atom. The van der Waals surface area contributed by atoms with Gasteiger partial charge in [0.25, 0.3) is 5.91 Å². The Labute approximate surface area is 102 Å². The summed E-state index contributed by atoms with van der Waals surface area (Å²) in [6, 6.07) is 6.26. The Morgan fingerprint density at radius 2 is 2.00 bits per heavy atom. The van der Waals surface area contributed by atoms with Crippen molar-refractivity contribution in [2.75, 3.05) is 0 Å². The number of aromatic carboxylic acids is 1. The van der Waals surface area contributed by atoms with E-state index in [2.05, 4.69) is 20.7 Å². The molecule has 0 aliphatic rings. The van der Waals surface area contributed by atoms with E-state index in [1.165, 1.54) is 18.3 Å². The predicted molar refractivity (Wildman–Crippen MR) is 61.0 cm³/mol. The van der Waals surface area contributed by atoms with Gasteiger partial charge in [-0.25, -0.2) is 4.79 Å². The molecule has 0 radical (unpaired) electrons. The Hall–Kier alpha value is -2.70. The zero-order chi connectivity index (χ0) is 13.0. The van der Waals surface area contributed by atoms with Gasteiger partial charge in [0.05, 0.1) is 11.8 Å². The van der Waals surface area contributed by atoms with Crippen LogP contribution in [0.1, 0.15) is 26.4 Å². The summed E-state index contributed by atoms with van der Waals surface area (Å²) in [5, 5.41) is 20.9. The van der Waals surface area contributed by atoms with Crippen molar-refractivity contribution in [2.45, 2.75) is 6.54 Å². The van der Waals surface area contributed by atoms with Crippen molar-refractivity contribution in [3.63, 3.8) is 0 Å². The van der Waals surface area contributed by atoms with Crippen molar-refractivity contribution in [3.05, 3.63) is 47.3 Å². The molecule has 2 rings (SSSR count). The van der Waals surface area contributed by atoms with Gasteiger partial charge in [0.15, 0.2) is 5.69 Å². The first-order valence-electron chi connectivity index (χ1n) is 5.13. The number of H-pyrrole nitrogens is 1. The summed E-state index contributed by atoms with van der Waals surface area (Å²) in [5.74, 6) is -1.32. The van der Waals surface area contributed by atoms with E-state index in [-0.39, 0.29) is 17.2 Å². The molecule has 0 saturated heterocycles.